The molecule has 1 fully saturated rings. The molecule has 3 amide bonds. The molecule has 1 saturated heterocycles. The minimum Gasteiger partial charge on any atom is -0.375 e. The number of amides is 3. The highest BCUT2D eigenvalue weighted by Crippen LogP contribution is 2.11. The van der Waals surface area contributed by atoms with Gasteiger partial charge in [0.1, 0.15) is 6.61 Å². The zero-order chi connectivity index (χ0) is 14.3. The molecule has 0 unspecified atom stereocenters. The Labute approximate surface area is 115 Å². The van der Waals surface area contributed by atoms with E-state index < -0.39 is 0 Å². The summed E-state index contributed by atoms with van der Waals surface area (Å²) in [6.07, 6.45) is 1.62. The molecule has 0 saturated carbocycles. The second-order valence-electron chi connectivity index (χ2n) is 4.71. The lowest BCUT2D eigenvalue weighted by atomic mass is 10.1. The Balaban J connectivity index is 2.34. The summed E-state index contributed by atoms with van der Waals surface area (Å²) in [4.78, 5) is 27.1. The van der Waals surface area contributed by atoms with E-state index in [1.165, 1.54) is 7.11 Å². The molecule has 1 heterocycles. The standard InChI is InChI=1S/C13H25N3O3/c1-4-15(5-2)13(18)14-11-6-8-16(9-7-11)12(17)10-19-3/h11H,4-10H2,1-3H3,(H,14,18). The van der Waals surface area contributed by atoms with Gasteiger partial charge >= 0.3 is 6.03 Å². The monoisotopic (exact) mass is 271 g/mol. The number of carbonyl (C=O) groups is 2. The number of methoxy groups -OCH3 is 1. The minimum atomic E-state index is -0.00771. The molecule has 1 N–H and O–H groups in total. The fourth-order valence-corrected chi connectivity index (χ4v) is 2.26. The normalized spacial score (nSPS) is 16.3. The zero-order valence-electron chi connectivity index (χ0n) is 12.1. The van der Waals surface area contributed by atoms with Gasteiger partial charge in [-0.2, -0.15) is 0 Å². The second kappa shape index (κ2) is 7.99. The minimum absolute atomic E-state index is 0.00771. The van der Waals surface area contributed by atoms with Crippen LogP contribution >= 0.6 is 0 Å². The number of ether oxygens (including phenoxy) is 1. The van der Waals surface area contributed by atoms with Crippen LogP contribution in [0.3, 0.4) is 0 Å². The molecule has 0 aliphatic carbocycles. The molecule has 110 valence electrons. The van der Waals surface area contributed by atoms with Gasteiger partial charge < -0.3 is 19.9 Å². The predicted octanol–water partition coefficient (Wildman–Crippen LogP) is 0.675. The lowest BCUT2D eigenvalue weighted by Crippen LogP contribution is -2.50. The van der Waals surface area contributed by atoms with Crippen LogP contribution < -0.4 is 5.32 Å². The van der Waals surface area contributed by atoms with Gasteiger partial charge in [-0.3, -0.25) is 4.79 Å². The van der Waals surface area contributed by atoms with Gasteiger partial charge in [0.2, 0.25) is 5.91 Å². The van der Waals surface area contributed by atoms with E-state index in [0.29, 0.717) is 26.2 Å². The molecule has 0 aromatic rings. The maximum absolute atomic E-state index is 11.9. The van der Waals surface area contributed by atoms with Crippen LogP contribution in [-0.2, 0) is 9.53 Å². The molecule has 19 heavy (non-hydrogen) atoms. The number of hydrogen-bond acceptors (Lipinski definition) is 3. The van der Waals surface area contributed by atoms with Crippen LogP contribution in [0.4, 0.5) is 4.79 Å². The maximum atomic E-state index is 11.9. The van der Waals surface area contributed by atoms with Crippen LogP contribution in [0, 0.1) is 0 Å². The number of likely N-dealkylation sites (tertiary alicyclic amines) is 1. The summed E-state index contributed by atoms with van der Waals surface area (Å²) in [7, 11) is 1.52. The fourth-order valence-electron chi connectivity index (χ4n) is 2.26. The van der Waals surface area contributed by atoms with E-state index in [4.69, 9.17) is 4.74 Å². The Morgan fingerprint density at radius 3 is 2.32 bits per heavy atom. The van der Waals surface area contributed by atoms with Gasteiger partial charge in [0.25, 0.3) is 0 Å². The number of nitrogens with zero attached hydrogens (tertiary/aromatic N) is 2. The van der Waals surface area contributed by atoms with Crippen molar-refractivity contribution in [3.63, 3.8) is 0 Å². The van der Waals surface area contributed by atoms with E-state index in [1.807, 2.05) is 13.8 Å². The van der Waals surface area contributed by atoms with Crippen molar-refractivity contribution in [2.24, 2.45) is 0 Å². The topological polar surface area (TPSA) is 61.9 Å². The van der Waals surface area contributed by atoms with E-state index in [2.05, 4.69) is 5.32 Å². The van der Waals surface area contributed by atoms with E-state index in [-0.39, 0.29) is 24.6 Å². The Hall–Kier alpha value is -1.30. The van der Waals surface area contributed by atoms with Gasteiger partial charge in [-0.15, -0.1) is 0 Å². The van der Waals surface area contributed by atoms with Crippen molar-refractivity contribution in [3.8, 4) is 0 Å². The average Bonchev–Trinajstić information content (AvgIpc) is 2.41. The van der Waals surface area contributed by atoms with Crippen molar-refractivity contribution >= 4 is 11.9 Å². The van der Waals surface area contributed by atoms with Crippen LogP contribution in [0.2, 0.25) is 0 Å². The molecule has 0 atom stereocenters. The molecule has 0 aromatic heterocycles. The van der Waals surface area contributed by atoms with Gasteiger partial charge in [-0.25, -0.2) is 4.79 Å². The van der Waals surface area contributed by atoms with Gasteiger partial charge in [0.05, 0.1) is 0 Å². The first-order valence-corrected chi connectivity index (χ1v) is 6.94. The summed E-state index contributed by atoms with van der Waals surface area (Å²) in [5, 5.41) is 3.03. The number of rotatable bonds is 5. The molecule has 0 aromatic carbocycles. The molecular formula is C13H25N3O3. The Bertz CT molecular complexity index is 298. The van der Waals surface area contributed by atoms with Crippen molar-refractivity contribution < 1.29 is 14.3 Å². The third-order valence-corrected chi connectivity index (χ3v) is 3.49. The summed E-state index contributed by atoms with van der Waals surface area (Å²) < 4.78 is 4.84. The number of hydrogen-bond donors (Lipinski definition) is 1. The number of urea groups is 1. The molecule has 1 rings (SSSR count). The van der Waals surface area contributed by atoms with Crippen molar-refractivity contribution in [1.82, 2.24) is 15.1 Å². The van der Waals surface area contributed by atoms with E-state index in [0.717, 1.165) is 12.8 Å². The smallest absolute Gasteiger partial charge is 0.317 e. The highest BCUT2D eigenvalue weighted by atomic mass is 16.5. The molecule has 6 heteroatoms. The van der Waals surface area contributed by atoms with Crippen LogP contribution in [0.15, 0.2) is 0 Å². The Morgan fingerprint density at radius 1 is 1.26 bits per heavy atom. The first-order valence-electron chi connectivity index (χ1n) is 6.94. The van der Waals surface area contributed by atoms with Gasteiger partial charge in [0, 0.05) is 39.3 Å². The second-order valence-corrected chi connectivity index (χ2v) is 4.71. The number of piperidine rings is 1. The summed E-state index contributed by atoms with van der Waals surface area (Å²) in [5.41, 5.74) is 0. The Kier molecular flexibility index (Phi) is 6.62. The molecular weight excluding hydrogens is 246 g/mol. The van der Waals surface area contributed by atoms with Gasteiger partial charge in [-0.05, 0) is 26.7 Å². The SMILES string of the molecule is CCN(CC)C(=O)NC1CCN(C(=O)COC)CC1. The van der Waals surface area contributed by atoms with Crippen molar-refractivity contribution in [1.29, 1.82) is 0 Å². The van der Waals surface area contributed by atoms with Crippen LogP contribution in [0.25, 0.3) is 0 Å². The highest BCUT2D eigenvalue weighted by molar-refractivity contribution is 5.77. The molecule has 0 bridgehead atoms. The molecule has 1 aliphatic heterocycles. The average molecular weight is 271 g/mol. The summed E-state index contributed by atoms with van der Waals surface area (Å²) in [5.74, 6) is 0.0241. The maximum Gasteiger partial charge on any atom is 0.317 e. The van der Waals surface area contributed by atoms with E-state index in [9.17, 15) is 9.59 Å². The van der Waals surface area contributed by atoms with E-state index in [1.54, 1.807) is 9.80 Å². The number of carbonyl (C=O) groups excluding carboxylic acids is 2. The molecule has 0 spiro atoms. The largest absolute Gasteiger partial charge is 0.375 e. The highest BCUT2D eigenvalue weighted by Gasteiger charge is 2.24. The lowest BCUT2D eigenvalue weighted by molar-refractivity contribution is -0.136. The lowest BCUT2D eigenvalue weighted by Gasteiger charge is -2.33. The van der Waals surface area contributed by atoms with Crippen LogP contribution in [0.1, 0.15) is 26.7 Å². The quantitative estimate of drug-likeness (QED) is 0.799. The van der Waals surface area contributed by atoms with E-state index >= 15 is 0 Å². The van der Waals surface area contributed by atoms with Crippen LogP contribution in [0.5, 0.6) is 0 Å². The predicted molar refractivity (Wildman–Crippen MR) is 72.9 cm³/mol. The first-order chi connectivity index (χ1) is 9.12. The van der Waals surface area contributed by atoms with Crippen LogP contribution in [-0.4, -0.2) is 67.7 Å². The summed E-state index contributed by atoms with van der Waals surface area (Å²) in [6.45, 7) is 6.87. The van der Waals surface area contributed by atoms with Crippen molar-refractivity contribution in [3.05, 3.63) is 0 Å². The molecule has 1 aliphatic rings. The van der Waals surface area contributed by atoms with Gasteiger partial charge in [-0.1, -0.05) is 0 Å². The summed E-state index contributed by atoms with van der Waals surface area (Å²) >= 11 is 0. The summed E-state index contributed by atoms with van der Waals surface area (Å²) in [6, 6.07) is 0.159. The van der Waals surface area contributed by atoms with Crippen molar-refractivity contribution in [2.45, 2.75) is 32.7 Å². The number of nitrogens with one attached hydrogen (secondary N) is 1. The molecule has 0 radical (unpaired) electrons. The van der Waals surface area contributed by atoms with Gasteiger partial charge in [0.15, 0.2) is 0 Å². The van der Waals surface area contributed by atoms with Crippen molar-refractivity contribution in [2.75, 3.05) is 39.9 Å². The molecule has 6 nitrogen and oxygen atoms in total. The first kappa shape index (κ1) is 15.8. The third-order valence-electron chi connectivity index (χ3n) is 3.49. The third kappa shape index (κ3) is 4.70. The Morgan fingerprint density at radius 2 is 1.84 bits per heavy atom. The fraction of sp³-hybridized carbons (Fsp3) is 0.846. The zero-order valence-corrected chi connectivity index (χ0v) is 12.1.